The Kier molecular flexibility index (Phi) is 9.68. The molecular formula is C15H28O2S2Si. The van der Waals surface area contributed by atoms with E-state index in [1.165, 1.54) is 0 Å². The maximum atomic E-state index is 11.8. The van der Waals surface area contributed by atoms with Crippen molar-refractivity contribution in [1.29, 1.82) is 0 Å². The lowest BCUT2D eigenvalue weighted by atomic mass is 10.1. The van der Waals surface area contributed by atoms with E-state index in [0.29, 0.717) is 28.2 Å². The van der Waals surface area contributed by atoms with E-state index in [1.54, 1.807) is 17.8 Å². The SMILES string of the molecule is CCOC(=S)SC(CCC(=O)/C=C/C(C)C)[Si](C)(C)C. The predicted octanol–water partition coefficient (Wildman–Crippen LogP) is 4.85. The second kappa shape index (κ2) is 9.74. The Balaban J connectivity index is 4.45. The summed E-state index contributed by atoms with van der Waals surface area (Å²) in [5.74, 6) is 0.636. The standard InChI is InChI=1S/C15H28O2S2Si/c1-7-17-15(18)19-14(20(4,5)6)11-10-13(16)9-8-12(2)3/h8-9,12,14H,7,10-11H2,1-6H3/b9-8+. The monoisotopic (exact) mass is 332 g/mol. The number of ketones is 1. The molecule has 0 saturated carbocycles. The van der Waals surface area contributed by atoms with Crippen molar-refractivity contribution < 1.29 is 9.53 Å². The molecule has 0 aliphatic rings. The van der Waals surface area contributed by atoms with Crippen LogP contribution in [0.3, 0.4) is 0 Å². The van der Waals surface area contributed by atoms with Gasteiger partial charge >= 0.3 is 0 Å². The van der Waals surface area contributed by atoms with E-state index in [9.17, 15) is 4.79 Å². The zero-order chi connectivity index (χ0) is 15.8. The van der Waals surface area contributed by atoms with Gasteiger partial charge in [-0.15, -0.1) is 0 Å². The minimum Gasteiger partial charge on any atom is -0.479 e. The summed E-state index contributed by atoms with van der Waals surface area (Å²) in [6.07, 6.45) is 5.16. The number of rotatable bonds is 8. The van der Waals surface area contributed by atoms with Crippen molar-refractivity contribution in [3.8, 4) is 0 Å². The predicted molar refractivity (Wildman–Crippen MR) is 97.2 cm³/mol. The third-order valence-corrected chi connectivity index (χ3v) is 8.72. The number of hydrogen-bond acceptors (Lipinski definition) is 4. The summed E-state index contributed by atoms with van der Waals surface area (Å²) in [7, 11) is -1.37. The highest BCUT2D eigenvalue weighted by Crippen LogP contribution is 2.28. The zero-order valence-electron chi connectivity index (χ0n) is 13.6. The number of allylic oxidation sites excluding steroid dienone is 2. The van der Waals surface area contributed by atoms with Crippen LogP contribution in [0.4, 0.5) is 0 Å². The molecule has 0 heterocycles. The summed E-state index contributed by atoms with van der Waals surface area (Å²) < 4.78 is 5.99. The second-order valence-electron chi connectivity index (χ2n) is 6.26. The molecule has 0 bridgehead atoms. The highest BCUT2D eigenvalue weighted by atomic mass is 32.2. The highest BCUT2D eigenvalue weighted by Gasteiger charge is 2.29. The molecule has 0 aromatic carbocycles. The zero-order valence-corrected chi connectivity index (χ0v) is 16.2. The minimum atomic E-state index is -1.37. The Morgan fingerprint density at radius 2 is 1.95 bits per heavy atom. The summed E-state index contributed by atoms with van der Waals surface area (Å²) in [4.78, 5) is 12.3. The third kappa shape index (κ3) is 9.72. The van der Waals surface area contributed by atoms with Crippen LogP contribution in [-0.4, -0.2) is 29.7 Å². The average molecular weight is 333 g/mol. The molecule has 116 valence electrons. The number of carbonyl (C=O) groups is 1. The van der Waals surface area contributed by atoms with Crippen molar-refractivity contribution >= 4 is 42.2 Å². The number of thioether (sulfide) groups is 1. The maximum absolute atomic E-state index is 11.8. The van der Waals surface area contributed by atoms with Crippen molar-refractivity contribution in [2.24, 2.45) is 5.92 Å². The van der Waals surface area contributed by atoms with Gasteiger partial charge in [0.1, 0.15) is 0 Å². The van der Waals surface area contributed by atoms with Crippen molar-refractivity contribution in [3.63, 3.8) is 0 Å². The van der Waals surface area contributed by atoms with Crippen LogP contribution >= 0.6 is 24.0 Å². The van der Waals surface area contributed by atoms with Gasteiger partial charge < -0.3 is 4.74 Å². The Labute approximate surface area is 134 Å². The van der Waals surface area contributed by atoms with Crippen LogP contribution in [0.1, 0.15) is 33.6 Å². The van der Waals surface area contributed by atoms with Gasteiger partial charge in [0.05, 0.1) is 14.7 Å². The largest absolute Gasteiger partial charge is 0.479 e. The molecule has 1 unspecified atom stereocenters. The molecule has 0 aliphatic carbocycles. The lowest BCUT2D eigenvalue weighted by Gasteiger charge is -2.28. The molecule has 0 fully saturated rings. The number of carbonyl (C=O) groups excluding carboxylic acids is 1. The fraction of sp³-hybridized carbons (Fsp3) is 0.733. The van der Waals surface area contributed by atoms with Crippen LogP contribution in [0.5, 0.6) is 0 Å². The molecule has 0 aromatic heterocycles. The Morgan fingerprint density at radius 3 is 2.40 bits per heavy atom. The number of thiocarbonyl (C=S) groups is 1. The molecule has 1 atom stereocenters. The Hall–Kier alpha value is -0.133. The van der Waals surface area contributed by atoms with Gasteiger partial charge in [-0.1, -0.05) is 51.3 Å². The first-order valence-electron chi connectivity index (χ1n) is 7.21. The molecule has 0 amide bonds. The van der Waals surface area contributed by atoms with E-state index in [4.69, 9.17) is 17.0 Å². The van der Waals surface area contributed by atoms with Gasteiger partial charge in [0.15, 0.2) is 5.78 Å². The van der Waals surface area contributed by atoms with Gasteiger partial charge in [-0.2, -0.15) is 0 Å². The van der Waals surface area contributed by atoms with Gasteiger partial charge in [-0.05, 0) is 37.6 Å². The van der Waals surface area contributed by atoms with Gasteiger partial charge in [-0.3, -0.25) is 4.79 Å². The minimum absolute atomic E-state index is 0.213. The summed E-state index contributed by atoms with van der Waals surface area (Å²) in [6.45, 7) is 13.6. The Bertz CT molecular complexity index is 346. The van der Waals surface area contributed by atoms with E-state index in [-0.39, 0.29) is 5.78 Å². The molecule has 0 spiro atoms. The molecule has 20 heavy (non-hydrogen) atoms. The first-order valence-corrected chi connectivity index (χ1v) is 12.1. The molecule has 0 N–H and O–H groups in total. The van der Waals surface area contributed by atoms with E-state index in [0.717, 1.165) is 6.42 Å². The fourth-order valence-electron chi connectivity index (χ4n) is 1.59. The summed E-state index contributed by atoms with van der Waals surface area (Å²) in [6, 6.07) is 0. The van der Waals surface area contributed by atoms with Gasteiger partial charge in [-0.25, -0.2) is 0 Å². The first kappa shape index (κ1) is 19.9. The third-order valence-electron chi connectivity index (χ3n) is 2.79. The average Bonchev–Trinajstić information content (AvgIpc) is 2.30. The first-order chi connectivity index (χ1) is 9.16. The molecule has 0 aliphatic heterocycles. The van der Waals surface area contributed by atoms with Crippen molar-refractivity contribution in [1.82, 2.24) is 0 Å². The molecule has 5 heteroatoms. The molecule has 0 saturated heterocycles. The molecule has 0 rings (SSSR count). The molecule has 2 nitrogen and oxygen atoms in total. The van der Waals surface area contributed by atoms with Crippen LogP contribution in [0.2, 0.25) is 19.6 Å². The maximum Gasteiger partial charge on any atom is 0.219 e. The van der Waals surface area contributed by atoms with Crippen molar-refractivity contribution in [2.75, 3.05) is 6.61 Å². The van der Waals surface area contributed by atoms with Crippen LogP contribution in [0.15, 0.2) is 12.2 Å². The summed E-state index contributed by atoms with van der Waals surface area (Å²) in [5, 5.41) is 0. The van der Waals surface area contributed by atoms with Crippen molar-refractivity contribution in [3.05, 3.63) is 12.2 Å². The van der Waals surface area contributed by atoms with Crippen LogP contribution in [-0.2, 0) is 9.53 Å². The molecular weight excluding hydrogens is 304 g/mol. The van der Waals surface area contributed by atoms with E-state index in [1.807, 2.05) is 13.0 Å². The number of ether oxygens (including phenoxy) is 1. The van der Waals surface area contributed by atoms with Crippen LogP contribution in [0, 0.1) is 5.92 Å². The van der Waals surface area contributed by atoms with Gasteiger partial charge in [0.25, 0.3) is 0 Å². The molecule has 0 aromatic rings. The second-order valence-corrected chi connectivity index (χ2v) is 13.9. The smallest absolute Gasteiger partial charge is 0.219 e. The lowest BCUT2D eigenvalue weighted by molar-refractivity contribution is -0.114. The fourth-order valence-corrected chi connectivity index (χ4v) is 5.72. The van der Waals surface area contributed by atoms with Crippen LogP contribution in [0.25, 0.3) is 0 Å². The highest BCUT2D eigenvalue weighted by molar-refractivity contribution is 8.23. The van der Waals surface area contributed by atoms with E-state index < -0.39 is 8.07 Å². The van der Waals surface area contributed by atoms with E-state index >= 15 is 0 Å². The molecule has 0 radical (unpaired) electrons. The lowest BCUT2D eigenvalue weighted by Crippen LogP contribution is -2.37. The quantitative estimate of drug-likeness (QED) is 0.361. The number of hydrogen-bond donors (Lipinski definition) is 0. The van der Waals surface area contributed by atoms with Crippen molar-refractivity contribution in [2.45, 2.75) is 58.1 Å². The van der Waals surface area contributed by atoms with E-state index in [2.05, 4.69) is 33.5 Å². The Morgan fingerprint density at radius 1 is 1.35 bits per heavy atom. The van der Waals surface area contributed by atoms with Crippen LogP contribution < -0.4 is 0 Å². The van der Waals surface area contributed by atoms with Gasteiger partial charge in [0, 0.05) is 11.3 Å². The van der Waals surface area contributed by atoms with Gasteiger partial charge in [0.2, 0.25) is 4.38 Å². The summed E-state index contributed by atoms with van der Waals surface area (Å²) in [5.41, 5.74) is 0. The topological polar surface area (TPSA) is 26.3 Å². The normalized spacial score (nSPS) is 13.8. The summed E-state index contributed by atoms with van der Waals surface area (Å²) >= 11 is 6.86.